The van der Waals surface area contributed by atoms with Crippen LogP contribution in [-0.4, -0.2) is 32.2 Å². The van der Waals surface area contributed by atoms with Gasteiger partial charge in [0.1, 0.15) is 0 Å². The molecule has 1 aromatic rings. The van der Waals surface area contributed by atoms with E-state index in [2.05, 4.69) is 11.6 Å². The zero-order valence-electron chi connectivity index (χ0n) is 13.7. The number of hydrogen-bond acceptors (Lipinski definition) is 4. The maximum Gasteiger partial charge on any atom is 0.241 e. The minimum Gasteiger partial charge on any atom is -0.310 e. The summed E-state index contributed by atoms with van der Waals surface area (Å²) < 4.78 is 28.7. The van der Waals surface area contributed by atoms with Gasteiger partial charge in [-0.1, -0.05) is 26.2 Å². The van der Waals surface area contributed by atoms with Crippen molar-refractivity contribution in [1.29, 1.82) is 0 Å². The van der Waals surface area contributed by atoms with Crippen LogP contribution in [-0.2, 0) is 21.2 Å². The Hall–Kier alpha value is -1.05. The molecule has 1 unspecified atom stereocenters. The van der Waals surface area contributed by atoms with E-state index in [0.29, 0.717) is 17.4 Å². The number of carbonyl (C=O) groups is 1. The molecule has 1 aliphatic carbocycles. The van der Waals surface area contributed by atoms with Gasteiger partial charge in [0.25, 0.3) is 0 Å². The van der Waals surface area contributed by atoms with E-state index in [0.717, 1.165) is 36.3 Å². The Morgan fingerprint density at radius 3 is 2.71 bits per heavy atom. The van der Waals surface area contributed by atoms with Crippen LogP contribution in [0.25, 0.3) is 0 Å². The Bertz CT molecular complexity index is 785. The van der Waals surface area contributed by atoms with Crippen molar-refractivity contribution in [2.45, 2.75) is 66.5 Å². The molecule has 1 amide bonds. The fourth-order valence-corrected chi connectivity index (χ4v) is 6.68. The quantitative estimate of drug-likeness (QED) is 0.893. The van der Waals surface area contributed by atoms with Gasteiger partial charge >= 0.3 is 0 Å². The summed E-state index contributed by atoms with van der Waals surface area (Å²) in [6.07, 6.45) is 5.32. The SMILES string of the molecule is CC1CN2C(=O)Cc3c(S(=O)(=O)NC4CCCCC4)ccc(c32)S1. The number of nitrogens with one attached hydrogen (secondary N) is 1. The average molecular weight is 367 g/mol. The van der Waals surface area contributed by atoms with E-state index in [9.17, 15) is 13.2 Å². The molecule has 0 aromatic heterocycles. The van der Waals surface area contributed by atoms with E-state index in [1.807, 2.05) is 6.07 Å². The summed E-state index contributed by atoms with van der Waals surface area (Å²) in [6, 6.07) is 3.57. The molecule has 4 rings (SSSR count). The van der Waals surface area contributed by atoms with Gasteiger partial charge in [0.15, 0.2) is 0 Å². The number of rotatable bonds is 3. The highest BCUT2D eigenvalue weighted by Gasteiger charge is 2.39. The molecule has 0 bridgehead atoms. The summed E-state index contributed by atoms with van der Waals surface area (Å²) in [7, 11) is -3.58. The van der Waals surface area contributed by atoms with Crippen molar-refractivity contribution in [3.8, 4) is 0 Å². The number of sulfonamides is 1. The maximum absolute atomic E-state index is 12.9. The van der Waals surface area contributed by atoms with Crippen molar-refractivity contribution in [2.24, 2.45) is 0 Å². The molecule has 1 fully saturated rings. The van der Waals surface area contributed by atoms with Gasteiger partial charge in [-0.05, 0) is 25.0 Å². The second-order valence-electron chi connectivity index (χ2n) is 6.95. The van der Waals surface area contributed by atoms with Crippen molar-refractivity contribution in [2.75, 3.05) is 11.4 Å². The molecule has 1 saturated carbocycles. The van der Waals surface area contributed by atoms with Gasteiger partial charge in [0.2, 0.25) is 15.9 Å². The number of nitrogens with zero attached hydrogens (tertiary/aromatic N) is 1. The van der Waals surface area contributed by atoms with Crippen LogP contribution in [0.15, 0.2) is 21.9 Å². The summed E-state index contributed by atoms with van der Waals surface area (Å²) in [6.45, 7) is 2.75. The lowest BCUT2D eigenvalue weighted by Gasteiger charge is -2.30. The van der Waals surface area contributed by atoms with E-state index in [1.165, 1.54) is 6.42 Å². The molecule has 7 heteroatoms. The maximum atomic E-state index is 12.9. The van der Waals surface area contributed by atoms with Gasteiger partial charge in [-0.3, -0.25) is 4.79 Å². The lowest BCUT2D eigenvalue weighted by Crippen LogP contribution is -2.36. The third kappa shape index (κ3) is 2.76. The Balaban J connectivity index is 1.71. The zero-order valence-corrected chi connectivity index (χ0v) is 15.4. The van der Waals surface area contributed by atoms with E-state index in [-0.39, 0.29) is 23.3 Å². The lowest BCUT2D eigenvalue weighted by atomic mass is 9.96. The first-order chi connectivity index (χ1) is 11.5. The number of carbonyl (C=O) groups excluding carboxylic acids is 1. The molecule has 1 N–H and O–H groups in total. The van der Waals surface area contributed by atoms with E-state index in [4.69, 9.17) is 0 Å². The fourth-order valence-electron chi connectivity index (χ4n) is 3.99. The summed E-state index contributed by atoms with van der Waals surface area (Å²) in [5.41, 5.74) is 1.51. The van der Waals surface area contributed by atoms with Crippen molar-refractivity contribution in [3.05, 3.63) is 17.7 Å². The largest absolute Gasteiger partial charge is 0.310 e. The first kappa shape index (κ1) is 16.4. The average Bonchev–Trinajstić information content (AvgIpc) is 2.85. The van der Waals surface area contributed by atoms with Crippen molar-refractivity contribution < 1.29 is 13.2 Å². The second kappa shape index (κ2) is 6.04. The van der Waals surface area contributed by atoms with Crippen LogP contribution in [0.4, 0.5) is 5.69 Å². The monoisotopic (exact) mass is 366 g/mol. The number of benzene rings is 1. The molecule has 1 atom stereocenters. The highest BCUT2D eigenvalue weighted by Crippen LogP contribution is 2.46. The third-order valence-electron chi connectivity index (χ3n) is 5.09. The lowest BCUT2D eigenvalue weighted by molar-refractivity contribution is -0.117. The van der Waals surface area contributed by atoms with Gasteiger partial charge < -0.3 is 4.90 Å². The van der Waals surface area contributed by atoms with Gasteiger partial charge in [-0.2, -0.15) is 0 Å². The van der Waals surface area contributed by atoms with Crippen molar-refractivity contribution in [3.63, 3.8) is 0 Å². The first-order valence-electron chi connectivity index (χ1n) is 8.61. The highest BCUT2D eigenvalue weighted by atomic mass is 32.2. The summed E-state index contributed by atoms with van der Waals surface area (Å²) >= 11 is 1.72. The fraction of sp³-hybridized carbons (Fsp3) is 0.588. The molecular weight excluding hydrogens is 344 g/mol. The minimum absolute atomic E-state index is 0.0127. The van der Waals surface area contributed by atoms with Crippen LogP contribution in [0.2, 0.25) is 0 Å². The van der Waals surface area contributed by atoms with Gasteiger partial charge in [-0.25, -0.2) is 13.1 Å². The number of amides is 1. The second-order valence-corrected chi connectivity index (χ2v) is 10.1. The molecule has 24 heavy (non-hydrogen) atoms. The van der Waals surface area contributed by atoms with Crippen LogP contribution < -0.4 is 9.62 Å². The first-order valence-corrected chi connectivity index (χ1v) is 11.0. The molecule has 2 heterocycles. The van der Waals surface area contributed by atoms with Crippen LogP contribution >= 0.6 is 11.8 Å². The molecule has 2 aliphatic heterocycles. The molecule has 130 valence electrons. The molecule has 0 radical (unpaired) electrons. The highest BCUT2D eigenvalue weighted by molar-refractivity contribution is 8.00. The standard InChI is InChI=1S/C17H22N2O3S2/c1-11-10-19-16(20)9-13-15(8-7-14(23-11)17(13)19)24(21,22)18-12-5-3-2-4-6-12/h7-8,11-12,18H,2-6,9-10H2,1H3. The van der Waals surface area contributed by atoms with E-state index < -0.39 is 10.0 Å². The van der Waals surface area contributed by atoms with Gasteiger partial charge in [0.05, 0.1) is 17.0 Å². The number of anilines is 1. The zero-order chi connectivity index (χ0) is 16.9. The normalized spacial score (nSPS) is 24.3. The molecule has 1 aromatic carbocycles. The molecule has 0 saturated heterocycles. The Morgan fingerprint density at radius 1 is 1.21 bits per heavy atom. The molecule has 0 spiro atoms. The Labute approximate surface area is 147 Å². The predicted octanol–water partition coefficient (Wildman–Crippen LogP) is 2.68. The Kier molecular flexibility index (Phi) is 4.13. The van der Waals surface area contributed by atoms with E-state index in [1.54, 1.807) is 22.7 Å². The predicted molar refractivity (Wildman–Crippen MR) is 95.0 cm³/mol. The van der Waals surface area contributed by atoms with Crippen molar-refractivity contribution in [1.82, 2.24) is 4.72 Å². The molecular formula is C17H22N2O3S2. The topological polar surface area (TPSA) is 66.5 Å². The minimum atomic E-state index is -3.58. The van der Waals surface area contributed by atoms with E-state index >= 15 is 0 Å². The Morgan fingerprint density at radius 2 is 1.96 bits per heavy atom. The smallest absolute Gasteiger partial charge is 0.241 e. The summed E-state index contributed by atoms with van der Waals surface area (Å²) in [4.78, 5) is 15.4. The van der Waals surface area contributed by atoms with Gasteiger partial charge in [-0.15, -0.1) is 11.8 Å². The van der Waals surface area contributed by atoms with Crippen molar-refractivity contribution >= 4 is 33.4 Å². The number of thioether (sulfide) groups is 1. The van der Waals surface area contributed by atoms with Crippen LogP contribution in [0.3, 0.4) is 0 Å². The summed E-state index contributed by atoms with van der Waals surface area (Å²) in [5, 5.41) is 0.329. The van der Waals surface area contributed by atoms with Gasteiger partial charge in [0, 0.05) is 28.3 Å². The molecule has 3 aliphatic rings. The van der Waals surface area contributed by atoms with Crippen LogP contribution in [0.5, 0.6) is 0 Å². The number of hydrogen-bond donors (Lipinski definition) is 1. The molecule has 5 nitrogen and oxygen atoms in total. The third-order valence-corrected chi connectivity index (χ3v) is 7.83. The van der Waals surface area contributed by atoms with Crippen LogP contribution in [0, 0.1) is 0 Å². The van der Waals surface area contributed by atoms with Crippen LogP contribution in [0.1, 0.15) is 44.6 Å². The summed E-state index contributed by atoms with van der Waals surface area (Å²) in [5.74, 6) is 0.0127.